The summed E-state index contributed by atoms with van der Waals surface area (Å²) in [5.41, 5.74) is 0.729. The Bertz CT molecular complexity index is 1150. The van der Waals surface area contributed by atoms with Gasteiger partial charge in [-0.25, -0.2) is 13.4 Å². The summed E-state index contributed by atoms with van der Waals surface area (Å²) in [4.78, 5) is 4.50. The highest BCUT2D eigenvalue weighted by Crippen LogP contribution is 2.33. The van der Waals surface area contributed by atoms with E-state index in [-0.39, 0.29) is 17.4 Å². The second-order valence-corrected chi connectivity index (χ2v) is 11.0. The van der Waals surface area contributed by atoms with Crippen LogP contribution in [0.5, 0.6) is 0 Å². The molecule has 0 bridgehead atoms. The van der Waals surface area contributed by atoms with Gasteiger partial charge in [0.1, 0.15) is 10.8 Å². The van der Waals surface area contributed by atoms with Crippen molar-refractivity contribution in [2.45, 2.75) is 29.4 Å². The average molecular weight is 475 g/mol. The Morgan fingerprint density at radius 2 is 1.97 bits per heavy atom. The zero-order chi connectivity index (χ0) is 21.5. The molecule has 3 aromatic rings. The maximum atomic E-state index is 12.7. The van der Waals surface area contributed by atoms with Crippen molar-refractivity contribution in [1.82, 2.24) is 19.7 Å². The summed E-state index contributed by atoms with van der Waals surface area (Å²) in [6.45, 7) is 0. The molecule has 0 spiro atoms. The van der Waals surface area contributed by atoms with Crippen LogP contribution in [0.1, 0.15) is 29.4 Å². The number of halogens is 3. The molecular weight excluding hydrogens is 457 g/mol. The Hall–Kier alpha value is -1.92. The van der Waals surface area contributed by atoms with E-state index in [4.69, 9.17) is 0 Å². The molecule has 4 rings (SSSR count). The van der Waals surface area contributed by atoms with Crippen LogP contribution in [0, 0.1) is 0 Å². The first-order chi connectivity index (χ1) is 14.1. The third-order valence-corrected chi connectivity index (χ3v) is 8.59. The number of hydrogen-bond acceptors (Lipinski definition) is 7. The summed E-state index contributed by atoms with van der Waals surface area (Å²) < 4.78 is 63.3. The minimum Gasteiger partial charge on any atom is -0.309 e. The Morgan fingerprint density at radius 1 is 1.23 bits per heavy atom. The van der Waals surface area contributed by atoms with Gasteiger partial charge in [-0.05, 0) is 18.6 Å². The number of aromatic nitrogens is 4. The summed E-state index contributed by atoms with van der Waals surface area (Å²) >= 11 is 2.79. The number of benzene rings is 1. The van der Waals surface area contributed by atoms with E-state index < -0.39 is 21.6 Å². The van der Waals surface area contributed by atoms with E-state index >= 15 is 0 Å². The predicted molar refractivity (Wildman–Crippen MR) is 109 cm³/mol. The van der Waals surface area contributed by atoms with Gasteiger partial charge in [0, 0.05) is 29.7 Å². The number of rotatable bonds is 5. The highest BCUT2D eigenvalue weighted by atomic mass is 32.2. The van der Waals surface area contributed by atoms with Gasteiger partial charge in [-0.15, -0.1) is 21.5 Å². The number of alkyl halides is 3. The van der Waals surface area contributed by atoms with Gasteiger partial charge < -0.3 is 4.57 Å². The molecule has 160 valence electrons. The number of nitrogens with zero attached hydrogens (tertiary/aromatic N) is 4. The van der Waals surface area contributed by atoms with E-state index in [2.05, 4.69) is 15.2 Å². The molecule has 0 aliphatic carbocycles. The summed E-state index contributed by atoms with van der Waals surface area (Å²) in [6, 6.07) is 4.94. The molecule has 3 heterocycles. The molecule has 30 heavy (non-hydrogen) atoms. The smallest absolute Gasteiger partial charge is 0.309 e. The summed E-state index contributed by atoms with van der Waals surface area (Å²) in [6.07, 6.45) is -3.80. The first kappa shape index (κ1) is 21.3. The van der Waals surface area contributed by atoms with E-state index in [0.29, 0.717) is 33.7 Å². The molecule has 0 N–H and O–H groups in total. The average Bonchev–Trinajstić information content (AvgIpc) is 3.38. The quantitative estimate of drug-likeness (QED) is 0.517. The summed E-state index contributed by atoms with van der Waals surface area (Å²) in [5.74, 6) is 1.34. The van der Waals surface area contributed by atoms with Crippen LogP contribution in [0.3, 0.4) is 0 Å². The van der Waals surface area contributed by atoms with Gasteiger partial charge in [0.2, 0.25) is 0 Å². The standard InChI is InChI=1S/C18H17F3N4O2S3/c1-25-15(12-6-7-30(26,27)10-12)23-24-17(25)29-9-14-8-28-16(22-14)11-2-4-13(5-3-11)18(19,20)21/h2-5,8,12H,6-7,9-10H2,1H3. The van der Waals surface area contributed by atoms with Crippen LogP contribution in [-0.2, 0) is 28.8 Å². The Kier molecular flexibility index (Phi) is 5.66. The molecule has 0 radical (unpaired) electrons. The molecule has 0 saturated carbocycles. The van der Waals surface area contributed by atoms with Crippen LogP contribution in [0.25, 0.3) is 10.6 Å². The fourth-order valence-corrected chi connectivity index (χ4v) is 6.73. The van der Waals surface area contributed by atoms with Crippen LogP contribution in [0.2, 0.25) is 0 Å². The van der Waals surface area contributed by atoms with Gasteiger partial charge in [-0.2, -0.15) is 13.2 Å². The molecule has 1 unspecified atom stereocenters. The lowest BCUT2D eigenvalue weighted by Gasteiger charge is -2.07. The summed E-state index contributed by atoms with van der Waals surface area (Å²) in [7, 11) is -1.18. The molecule has 1 aliphatic heterocycles. The van der Waals surface area contributed by atoms with Crippen LogP contribution in [0.4, 0.5) is 13.2 Å². The summed E-state index contributed by atoms with van der Waals surface area (Å²) in [5, 5.41) is 11.5. The zero-order valence-electron chi connectivity index (χ0n) is 15.8. The highest BCUT2D eigenvalue weighted by molar-refractivity contribution is 7.98. The van der Waals surface area contributed by atoms with Crippen molar-refractivity contribution in [3.8, 4) is 10.6 Å². The molecule has 1 fully saturated rings. The first-order valence-corrected chi connectivity index (χ1v) is 12.7. The van der Waals surface area contributed by atoms with Gasteiger partial charge in [-0.3, -0.25) is 0 Å². The Morgan fingerprint density at radius 3 is 2.60 bits per heavy atom. The van der Waals surface area contributed by atoms with Gasteiger partial charge in [-0.1, -0.05) is 23.9 Å². The Balaban J connectivity index is 1.42. The normalized spacial score (nSPS) is 18.7. The monoisotopic (exact) mass is 474 g/mol. The highest BCUT2D eigenvalue weighted by Gasteiger charge is 2.32. The number of thioether (sulfide) groups is 1. The molecular formula is C18H17F3N4O2S3. The van der Waals surface area contributed by atoms with Crippen LogP contribution < -0.4 is 0 Å². The third kappa shape index (κ3) is 4.54. The molecule has 2 aromatic heterocycles. The lowest BCUT2D eigenvalue weighted by Crippen LogP contribution is -2.09. The van der Waals surface area contributed by atoms with Crippen LogP contribution in [-0.4, -0.2) is 39.7 Å². The van der Waals surface area contributed by atoms with Gasteiger partial charge in [0.05, 0.1) is 22.8 Å². The SMILES string of the molecule is Cn1c(SCc2csc(-c3ccc(C(F)(F)F)cc3)n2)nnc1C1CCS(=O)(=O)C1. The molecule has 1 atom stereocenters. The van der Waals surface area contributed by atoms with Gasteiger partial charge in [0.25, 0.3) is 0 Å². The van der Waals surface area contributed by atoms with E-state index in [9.17, 15) is 21.6 Å². The maximum absolute atomic E-state index is 12.7. The minimum absolute atomic E-state index is 0.103. The van der Waals surface area contributed by atoms with Crippen molar-refractivity contribution < 1.29 is 21.6 Å². The van der Waals surface area contributed by atoms with Crippen molar-refractivity contribution in [1.29, 1.82) is 0 Å². The fourth-order valence-electron chi connectivity index (χ4n) is 3.25. The number of hydrogen-bond donors (Lipinski definition) is 0. The second-order valence-electron chi connectivity index (χ2n) is 7.01. The van der Waals surface area contributed by atoms with Crippen molar-refractivity contribution in [2.75, 3.05) is 11.5 Å². The Labute approximate surface area is 179 Å². The van der Waals surface area contributed by atoms with Gasteiger partial charge in [0.15, 0.2) is 15.0 Å². The maximum Gasteiger partial charge on any atom is 0.416 e. The molecule has 0 amide bonds. The fraction of sp³-hybridized carbons (Fsp3) is 0.389. The molecule has 6 nitrogen and oxygen atoms in total. The first-order valence-electron chi connectivity index (χ1n) is 8.97. The van der Waals surface area contributed by atoms with Gasteiger partial charge >= 0.3 is 6.18 Å². The largest absolute Gasteiger partial charge is 0.416 e. The number of sulfone groups is 1. The minimum atomic E-state index is -4.36. The molecule has 12 heteroatoms. The second kappa shape index (κ2) is 7.97. The molecule has 1 aliphatic rings. The van der Waals surface area contributed by atoms with E-state index in [1.807, 2.05) is 17.0 Å². The van der Waals surface area contributed by atoms with Crippen molar-refractivity contribution >= 4 is 32.9 Å². The predicted octanol–water partition coefficient (Wildman–Crippen LogP) is 4.15. The van der Waals surface area contributed by atoms with E-state index in [0.717, 1.165) is 17.8 Å². The van der Waals surface area contributed by atoms with Crippen molar-refractivity contribution in [3.63, 3.8) is 0 Å². The number of thiazole rings is 1. The lowest BCUT2D eigenvalue weighted by molar-refractivity contribution is -0.137. The molecule has 1 aromatic carbocycles. The zero-order valence-corrected chi connectivity index (χ0v) is 18.2. The van der Waals surface area contributed by atoms with E-state index in [1.165, 1.54) is 35.2 Å². The lowest BCUT2D eigenvalue weighted by atomic mass is 10.1. The van der Waals surface area contributed by atoms with E-state index in [1.54, 1.807) is 0 Å². The molecule has 1 saturated heterocycles. The van der Waals surface area contributed by atoms with Crippen LogP contribution >= 0.6 is 23.1 Å². The van der Waals surface area contributed by atoms with Crippen molar-refractivity contribution in [3.05, 3.63) is 46.7 Å². The third-order valence-electron chi connectivity index (χ3n) is 4.83. The van der Waals surface area contributed by atoms with Crippen LogP contribution in [0.15, 0.2) is 34.8 Å². The van der Waals surface area contributed by atoms with Crippen molar-refractivity contribution in [2.24, 2.45) is 7.05 Å². The topological polar surface area (TPSA) is 77.7 Å².